The molecule has 0 aliphatic carbocycles. The van der Waals surface area contributed by atoms with E-state index < -0.39 is 5.91 Å². The SMILES string of the molecule is CC[C@@H](C)c1ccccc1OCCOc1ccc(/C=C2\C(=N)N3N=C(CC(C)C)SC3=NC2=O)cc1OC. The number of ether oxygens (including phenoxy) is 3. The monoisotopic (exact) mass is 534 g/mol. The number of fused-ring (bicyclic) bond motifs is 1. The van der Waals surface area contributed by atoms with E-state index in [1.807, 2.05) is 24.3 Å². The van der Waals surface area contributed by atoms with Crippen molar-refractivity contribution in [1.82, 2.24) is 5.01 Å². The third kappa shape index (κ3) is 6.27. The van der Waals surface area contributed by atoms with Gasteiger partial charge in [0.2, 0.25) is 5.17 Å². The summed E-state index contributed by atoms with van der Waals surface area (Å²) < 4.78 is 17.5. The number of rotatable bonds is 11. The highest BCUT2D eigenvalue weighted by molar-refractivity contribution is 8.26. The first kappa shape index (κ1) is 27.4. The molecule has 2 aromatic rings. The van der Waals surface area contributed by atoms with Crippen LogP contribution in [-0.4, -0.2) is 47.3 Å². The first-order valence-electron chi connectivity index (χ1n) is 12.8. The summed E-state index contributed by atoms with van der Waals surface area (Å²) in [4.78, 5) is 16.9. The summed E-state index contributed by atoms with van der Waals surface area (Å²) >= 11 is 1.35. The molecular weight excluding hydrogens is 500 g/mol. The first-order chi connectivity index (χ1) is 18.3. The van der Waals surface area contributed by atoms with Crippen LogP contribution in [0.5, 0.6) is 17.2 Å². The molecule has 200 valence electrons. The van der Waals surface area contributed by atoms with Crippen LogP contribution in [0.3, 0.4) is 0 Å². The van der Waals surface area contributed by atoms with Crippen molar-refractivity contribution in [2.75, 3.05) is 20.3 Å². The molecule has 0 radical (unpaired) electrons. The lowest BCUT2D eigenvalue weighted by Crippen LogP contribution is -2.35. The minimum atomic E-state index is -0.455. The van der Waals surface area contributed by atoms with E-state index in [1.54, 1.807) is 25.3 Å². The minimum absolute atomic E-state index is 0.0142. The van der Waals surface area contributed by atoms with Crippen molar-refractivity contribution >= 4 is 39.8 Å². The quantitative estimate of drug-likeness (QED) is 0.267. The van der Waals surface area contributed by atoms with Crippen molar-refractivity contribution in [2.24, 2.45) is 16.0 Å². The van der Waals surface area contributed by atoms with Gasteiger partial charge >= 0.3 is 0 Å². The summed E-state index contributed by atoms with van der Waals surface area (Å²) in [6.45, 7) is 9.29. The fraction of sp³-hybridized carbons (Fsp3) is 0.379. The van der Waals surface area contributed by atoms with Gasteiger partial charge < -0.3 is 14.2 Å². The van der Waals surface area contributed by atoms with Gasteiger partial charge in [-0.15, -0.1) is 0 Å². The number of benzene rings is 2. The average molecular weight is 535 g/mol. The van der Waals surface area contributed by atoms with Gasteiger partial charge in [0.05, 0.1) is 12.7 Å². The Hall–Kier alpha value is -3.59. The summed E-state index contributed by atoms with van der Waals surface area (Å²) in [6, 6.07) is 13.5. The fourth-order valence-corrected chi connectivity index (χ4v) is 5.16. The van der Waals surface area contributed by atoms with E-state index >= 15 is 0 Å². The summed E-state index contributed by atoms with van der Waals surface area (Å²) in [5, 5.41) is 15.8. The lowest BCUT2D eigenvalue weighted by Gasteiger charge is -2.20. The summed E-state index contributed by atoms with van der Waals surface area (Å²) in [6.07, 6.45) is 3.44. The van der Waals surface area contributed by atoms with Gasteiger partial charge in [0, 0.05) is 6.42 Å². The van der Waals surface area contributed by atoms with Crippen LogP contribution in [0.2, 0.25) is 0 Å². The van der Waals surface area contributed by atoms with Gasteiger partial charge in [-0.05, 0) is 65.4 Å². The van der Waals surface area contributed by atoms with Gasteiger partial charge in [-0.2, -0.15) is 15.1 Å². The summed E-state index contributed by atoms with van der Waals surface area (Å²) in [7, 11) is 1.56. The normalized spacial score (nSPS) is 16.9. The zero-order valence-electron chi connectivity index (χ0n) is 22.5. The maximum atomic E-state index is 12.7. The molecule has 1 atom stereocenters. The van der Waals surface area contributed by atoms with Gasteiger partial charge in [-0.25, -0.2) is 0 Å². The number of hydrazone groups is 1. The lowest BCUT2D eigenvalue weighted by molar-refractivity contribution is -0.114. The maximum absolute atomic E-state index is 12.7. The number of carbonyl (C=O) groups is 1. The van der Waals surface area contributed by atoms with E-state index in [0.717, 1.165) is 23.6 Å². The summed E-state index contributed by atoms with van der Waals surface area (Å²) in [5.41, 5.74) is 2.06. The molecular formula is C29H34N4O4S. The number of nitrogens with zero attached hydrogens (tertiary/aromatic N) is 3. The standard InChI is InChI=1S/C29H34N4O4S/c1-6-19(4)21-9-7-8-10-23(21)36-13-14-37-24-12-11-20(17-25(24)35-5)16-22-27(30)33-29(31-28(22)34)38-26(32-33)15-18(2)3/h7-12,16-19,30H,6,13-15H2,1-5H3/b22-16+,30-27?/t19-/m1/s1. The van der Waals surface area contributed by atoms with Gasteiger partial charge in [-0.1, -0.05) is 52.0 Å². The highest BCUT2D eigenvalue weighted by atomic mass is 32.2. The van der Waals surface area contributed by atoms with Crippen molar-refractivity contribution in [3.05, 3.63) is 59.2 Å². The first-order valence-corrected chi connectivity index (χ1v) is 13.6. The van der Waals surface area contributed by atoms with E-state index in [2.05, 4.69) is 43.9 Å². The predicted molar refractivity (Wildman–Crippen MR) is 154 cm³/mol. The molecule has 0 aromatic heterocycles. The Morgan fingerprint density at radius 2 is 1.79 bits per heavy atom. The Kier molecular flexibility index (Phi) is 8.89. The Labute approximate surface area is 228 Å². The highest BCUT2D eigenvalue weighted by Crippen LogP contribution is 2.33. The highest BCUT2D eigenvalue weighted by Gasteiger charge is 2.35. The Bertz CT molecular complexity index is 1300. The van der Waals surface area contributed by atoms with E-state index in [9.17, 15) is 4.79 Å². The predicted octanol–water partition coefficient (Wildman–Crippen LogP) is 6.33. The molecule has 38 heavy (non-hydrogen) atoms. The van der Waals surface area contributed by atoms with Crippen LogP contribution in [-0.2, 0) is 4.79 Å². The van der Waals surface area contributed by atoms with E-state index in [1.165, 1.54) is 22.3 Å². The second-order valence-electron chi connectivity index (χ2n) is 9.57. The molecule has 4 rings (SSSR count). The van der Waals surface area contributed by atoms with E-state index in [0.29, 0.717) is 47.3 Å². The number of hydrogen-bond acceptors (Lipinski definition) is 7. The van der Waals surface area contributed by atoms with Crippen molar-refractivity contribution in [1.29, 1.82) is 5.41 Å². The Morgan fingerprint density at radius 3 is 2.50 bits per heavy atom. The van der Waals surface area contributed by atoms with Crippen LogP contribution in [0.1, 0.15) is 57.6 Å². The molecule has 0 bridgehead atoms. The topological polar surface area (TPSA) is 96.6 Å². The molecule has 0 saturated carbocycles. The number of thioether (sulfide) groups is 1. The number of hydrogen-bond donors (Lipinski definition) is 1. The zero-order chi connectivity index (χ0) is 27.2. The van der Waals surface area contributed by atoms with Crippen LogP contribution in [0.15, 0.2) is 58.1 Å². The third-order valence-corrected chi connectivity index (χ3v) is 7.17. The Balaban J connectivity index is 1.42. The molecule has 2 aliphatic rings. The molecule has 0 saturated heterocycles. The number of amidine groups is 2. The fourth-order valence-electron chi connectivity index (χ4n) is 4.07. The number of para-hydroxylation sites is 1. The van der Waals surface area contributed by atoms with Crippen LogP contribution in [0.25, 0.3) is 6.08 Å². The van der Waals surface area contributed by atoms with Gasteiger partial charge in [0.25, 0.3) is 5.91 Å². The number of methoxy groups -OCH3 is 1. The molecule has 0 fully saturated rings. The van der Waals surface area contributed by atoms with Crippen LogP contribution in [0, 0.1) is 11.3 Å². The molecule has 1 amide bonds. The van der Waals surface area contributed by atoms with E-state index in [4.69, 9.17) is 19.6 Å². The number of nitrogens with one attached hydrogen (secondary N) is 1. The molecule has 1 N–H and O–H groups in total. The van der Waals surface area contributed by atoms with Gasteiger partial charge in [0.1, 0.15) is 24.0 Å². The van der Waals surface area contributed by atoms with Crippen molar-refractivity contribution in [3.63, 3.8) is 0 Å². The Morgan fingerprint density at radius 1 is 1.05 bits per heavy atom. The number of aliphatic imine (C=N–C) groups is 1. The molecule has 8 nitrogen and oxygen atoms in total. The van der Waals surface area contributed by atoms with Crippen molar-refractivity contribution in [3.8, 4) is 17.2 Å². The van der Waals surface area contributed by atoms with Crippen molar-refractivity contribution < 1.29 is 19.0 Å². The van der Waals surface area contributed by atoms with Crippen LogP contribution in [0.4, 0.5) is 0 Å². The van der Waals surface area contributed by atoms with Gasteiger partial charge in [-0.3, -0.25) is 10.2 Å². The van der Waals surface area contributed by atoms with Gasteiger partial charge in [0.15, 0.2) is 17.3 Å². The molecule has 2 aliphatic heterocycles. The maximum Gasteiger partial charge on any atom is 0.283 e. The zero-order valence-corrected chi connectivity index (χ0v) is 23.3. The summed E-state index contributed by atoms with van der Waals surface area (Å²) in [5.74, 6) is 2.36. The van der Waals surface area contributed by atoms with Crippen LogP contribution >= 0.6 is 11.8 Å². The second-order valence-corrected chi connectivity index (χ2v) is 10.6. The average Bonchev–Trinajstić information content (AvgIpc) is 3.30. The largest absolute Gasteiger partial charge is 0.493 e. The van der Waals surface area contributed by atoms with Crippen molar-refractivity contribution in [2.45, 2.75) is 46.5 Å². The number of amides is 1. The van der Waals surface area contributed by atoms with E-state index in [-0.39, 0.29) is 11.4 Å². The molecule has 2 aromatic carbocycles. The lowest BCUT2D eigenvalue weighted by atomic mass is 9.98. The third-order valence-electron chi connectivity index (χ3n) is 6.24. The molecule has 2 heterocycles. The minimum Gasteiger partial charge on any atom is -0.493 e. The molecule has 9 heteroatoms. The van der Waals surface area contributed by atoms with Crippen LogP contribution < -0.4 is 14.2 Å². The number of carbonyl (C=O) groups excluding carboxylic acids is 1. The smallest absolute Gasteiger partial charge is 0.283 e. The second kappa shape index (κ2) is 12.3. The molecule has 0 spiro atoms. The molecule has 0 unspecified atom stereocenters.